The van der Waals surface area contributed by atoms with Gasteiger partial charge in [0.25, 0.3) is 0 Å². The first-order valence-electron chi connectivity index (χ1n) is 11.6. The molecule has 2 saturated heterocycles. The fourth-order valence-corrected chi connectivity index (χ4v) is 4.96. The summed E-state index contributed by atoms with van der Waals surface area (Å²) in [5.74, 6) is 0.948. The van der Waals surface area contributed by atoms with Gasteiger partial charge in [-0.3, -0.25) is 9.48 Å². The van der Waals surface area contributed by atoms with Crippen molar-refractivity contribution < 1.29 is 4.79 Å². The summed E-state index contributed by atoms with van der Waals surface area (Å²) < 4.78 is 1.84. The lowest BCUT2D eigenvalue weighted by molar-refractivity contribution is -0.131. The zero-order chi connectivity index (χ0) is 22.1. The number of hydrogen-bond acceptors (Lipinski definition) is 5. The quantitative estimate of drug-likeness (QED) is 0.618. The van der Waals surface area contributed by atoms with Gasteiger partial charge in [-0.15, -0.1) is 0 Å². The number of hydrogen-bond donors (Lipinski definition) is 0. The van der Waals surface area contributed by atoms with Gasteiger partial charge in [0, 0.05) is 44.6 Å². The van der Waals surface area contributed by atoms with Crippen molar-refractivity contribution in [1.29, 1.82) is 0 Å². The first-order chi connectivity index (χ1) is 15.6. The molecule has 7 heteroatoms. The largest absolute Gasteiger partial charge is 0.341 e. The maximum absolute atomic E-state index is 13.3. The van der Waals surface area contributed by atoms with E-state index in [0.717, 1.165) is 60.9 Å². The summed E-state index contributed by atoms with van der Waals surface area (Å²) in [6, 6.07) is 10.1. The number of amides is 1. The third-order valence-electron chi connectivity index (χ3n) is 6.49. The monoisotopic (exact) mass is 430 g/mol. The maximum atomic E-state index is 13.3. The van der Waals surface area contributed by atoms with E-state index in [1.54, 1.807) is 0 Å². The van der Waals surface area contributed by atoms with E-state index in [2.05, 4.69) is 28.9 Å². The molecule has 4 heterocycles. The number of likely N-dealkylation sites (tertiary alicyclic amines) is 1. The Labute approximate surface area is 189 Å². The molecule has 0 aliphatic carbocycles. The van der Waals surface area contributed by atoms with Crippen LogP contribution in [0.3, 0.4) is 0 Å². The molecule has 0 bridgehead atoms. The average molecular weight is 431 g/mol. The van der Waals surface area contributed by atoms with Crippen LogP contribution in [-0.2, 0) is 18.3 Å². The zero-order valence-electron chi connectivity index (χ0n) is 18.9. The highest BCUT2D eigenvalue weighted by Gasteiger charge is 2.34. The van der Waals surface area contributed by atoms with Crippen molar-refractivity contribution in [2.75, 3.05) is 24.5 Å². The van der Waals surface area contributed by atoms with Crippen molar-refractivity contribution >= 4 is 11.9 Å². The molecule has 5 rings (SSSR count). The molecular formula is C25H30N6O. The molecule has 3 aromatic rings. The van der Waals surface area contributed by atoms with Crippen molar-refractivity contribution in [1.82, 2.24) is 24.6 Å². The molecule has 1 amide bonds. The molecule has 2 aromatic heterocycles. The Morgan fingerprint density at radius 3 is 2.78 bits per heavy atom. The van der Waals surface area contributed by atoms with Crippen LogP contribution in [0.15, 0.2) is 42.7 Å². The Hall–Kier alpha value is -3.22. The van der Waals surface area contributed by atoms with Crippen molar-refractivity contribution in [3.05, 3.63) is 59.5 Å². The normalized spacial score (nSPS) is 18.5. The van der Waals surface area contributed by atoms with Crippen LogP contribution in [-0.4, -0.2) is 50.2 Å². The molecule has 1 unspecified atom stereocenters. The topological polar surface area (TPSA) is 67.2 Å². The lowest BCUT2D eigenvalue weighted by Gasteiger charge is -2.24. The van der Waals surface area contributed by atoms with E-state index in [9.17, 15) is 4.79 Å². The van der Waals surface area contributed by atoms with E-state index in [-0.39, 0.29) is 11.9 Å². The second-order valence-electron chi connectivity index (χ2n) is 8.95. The summed E-state index contributed by atoms with van der Waals surface area (Å²) in [4.78, 5) is 26.9. The van der Waals surface area contributed by atoms with E-state index in [4.69, 9.17) is 10.1 Å². The highest BCUT2D eigenvalue weighted by molar-refractivity contribution is 5.80. The summed E-state index contributed by atoms with van der Waals surface area (Å²) >= 11 is 0. The second-order valence-corrected chi connectivity index (χ2v) is 8.95. The summed E-state index contributed by atoms with van der Waals surface area (Å²) in [5.41, 5.74) is 5.05. The molecule has 0 N–H and O–H groups in total. The van der Waals surface area contributed by atoms with Gasteiger partial charge in [-0.25, -0.2) is 9.97 Å². The molecule has 0 saturated carbocycles. The number of carbonyl (C=O) groups is 1. The average Bonchev–Trinajstić information content (AvgIpc) is 3.54. The molecule has 2 aliphatic rings. The number of anilines is 1. The lowest BCUT2D eigenvalue weighted by atomic mass is 10.0. The van der Waals surface area contributed by atoms with Crippen LogP contribution < -0.4 is 4.90 Å². The second kappa shape index (κ2) is 8.73. The van der Waals surface area contributed by atoms with E-state index < -0.39 is 0 Å². The van der Waals surface area contributed by atoms with Crippen molar-refractivity contribution in [3.8, 4) is 11.3 Å². The fourth-order valence-electron chi connectivity index (χ4n) is 4.96. The molecule has 166 valence electrons. The number of aryl methyl sites for hydroxylation is 2. The van der Waals surface area contributed by atoms with Gasteiger partial charge in [0.2, 0.25) is 11.9 Å². The summed E-state index contributed by atoms with van der Waals surface area (Å²) in [6.45, 7) is 4.85. The van der Waals surface area contributed by atoms with Gasteiger partial charge in [-0.05, 0) is 44.2 Å². The minimum absolute atomic E-state index is 0.0197. The van der Waals surface area contributed by atoms with E-state index in [1.165, 1.54) is 18.4 Å². The summed E-state index contributed by atoms with van der Waals surface area (Å²) in [6.07, 6.45) is 8.57. The number of nitrogens with zero attached hydrogens (tertiary/aromatic N) is 6. The van der Waals surface area contributed by atoms with Crippen LogP contribution in [0.1, 0.15) is 48.5 Å². The van der Waals surface area contributed by atoms with Crippen LogP contribution in [0.5, 0.6) is 0 Å². The van der Waals surface area contributed by atoms with Gasteiger partial charge >= 0.3 is 0 Å². The molecule has 32 heavy (non-hydrogen) atoms. The Balaban J connectivity index is 1.42. The van der Waals surface area contributed by atoms with Crippen molar-refractivity contribution in [2.45, 2.75) is 45.1 Å². The van der Waals surface area contributed by atoms with Crippen molar-refractivity contribution in [2.24, 2.45) is 7.05 Å². The first-order valence-corrected chi connectivity index (χ1v) is 11.6. The van der Waals surface area contributed by atoms with Crippen molar-refractivity contribution in [3.63, 3.8) is 0 Å². The van der Waals surface area contributed by atoms with Gasteiger partial charge in [-0.1, -0.05) is 29.8 Å². The van der Waals surface area contributed by atoms with E-state index in [1.807, 2.05) is 47.2 Å². The fraction of sp³-hybridized carbons (Fsp3) is 0.440. The molecular weight excluding hydrogens is 400 g/mol. The molecule has 0 spiro atoms. The number of aromatic nitrogens is 4. The number of benzene rings is 1. The van der Waals surface area contributed by atoms with Gasteiger partial charge in [0.15, 0.2) is 0 Å². The SMILES string of the molecule is Cc1cccc(CC(=O)N2CCCC2c2nn(C)cc2-c2ccnc(N3CCCC3)n2)c1. The third kappa shape index (κ3) is 4.11. The molecule has 1 atom stereocenters. The predicted octanol–water partition coefficient (Wildman–Crippen LogP) is 3.69. The highest BCUT2D eigenvalue weighted by Crippen LogP contribution is 2.37. The van der Waals surface area contributed by atoms with Crippen LogP contribution in [0.25, 0.3) is 11.3 Å². The number of carbonyl (C=O) groups excluding carboxylic acids is 1. The van der Waals surface area contributed by atoms with E-state index >= 15 is 0 Å². The Morgan fingerprint density at radius 1 is 1.12 bits per heavy atom. The van der Waals surface area contributed by atoms with Gasteiger partial charge in [0.1, 0.15) is 0 Å². The smallest absolute Gasteiger partial charge is 0.227 e. The summed E-state index contributed by atoms with van der Waals surface area (Å²) in [7, 11) is 1.93. The summed E-state index contributed by atoms with van der Waals surface area (Å²) in [5, 5.41) is 4.80. The minimum atomic E-state index is -0.0197. The Bertz CT molecular complexity index is 1120. The van der Waals surface area contributed by atoms with E-state index in [0.29, 0.717) is 6.42 Å². The Kier molecular flexibility index (Phi) is 5.64. The van der Waals surface area contributed by atoms with Crippen LogP contribution in [0.2, 0.25) is 0 Å². The van der Waals surface area contributed by atoms with Gasteiger partial charge in [0.05, 0.1) is 23.9 Å². The van der Waals surface area contributed by atoms with Crippen LogP contribution in [0.4, 0.5) is 5.95 Å². The predicted molar refractivity (Wildman–Crippen MR) is 124 cm³/mol. The van der Waals surface area contributed by atoms with Gasteiger partial charge < -0.3 is 9.80 Å². The van der Waals surface area contributed by atoms with Crippen LogP contribution >= 0.6 is 0 Å². The van der Waals surface area contributed by atoms with Gasteiger partial charge in [-0.2, -0.15) is 5.10 Å². The molecule has 0 radical (unpaired) electrons. The Morgan fingerprint density at radius 2 is 1.97 bits per heavy atom. The maximum Gasteiger partial charge on any atom is 0.227 e. The third-order valence-corrected chi connectivity index (χ3v) is 6.49. The minimum Gasteiger partial charge on any atom is -0.341 e. The molecule has 2 fully saturated rings. The highest BCUT2D eigenvalue weighted by atomic mass is 16.2. The zero-order valence-corrected chi connectivity index (χ0v) is 18.9. The molecule has 7 nitrogen and oxygen atoms in total. The molecule has 2 aliphatic heterocycles. The first kappa shape index (κ1) is 20.7. The lowest BCUT2D eigenvalue weighted by Crippen LogP contribution is -2.32. The van der Waals surface area contributed by atoms with Crippen LogP contribution in [0, 0.1) is 6.92 Å². The number of rotatable bonds is 5. The standard InChI is InChI=1S/C25H30N6O/c1-18-7-5-8-19(15-18)16-23(32)31-14-6-9-22(31)24-20(17-29(2)28-24)21-10-11-26-25(27-21)30-12-3-4-13-30/h5,7-8,10-11,15,17,22H,3-4,6,9,12-14,16H2,1-2H3. The molecule has 1 aromatic carbocycles.